The van der Waals surface area contributed by atoms with Gasteiger partial charge in [0.25, 0.3) is 0 Å². The zero-order valence-electron chi connectivity index (χ0n) is 15.1. The van der Waals surface area contributed by atoms with Crippen LogP contribution in [0.3, 0.4) is 0 Å². The van der Waals surface area contributed by atoms with Crippen LogP contribution in [0.4, 0.5) is 0 Å². The summed E-state index contributed by atoms with van der Waals surface area (Å²) < 4.78 is 10.7. The third-order valence-corrected chi connectivity index (χ3v) is 4.63. The molecule has 0 spiro atoms. The van der Waals surface area contributed by atoms with Gasteiger partial charge in [0.1, 0.15) is 0 Å². The minimum atomic E-state index is 0.0387. The van der Waals surface area contributed by atoms with Crippen LogP contribution in [-0.4, -0.2) is 29.8 Å². The van der Waals surface area contributed by atoms with E-state index >= 15 is 0 Å². The second-order valence-corrected chi connectivity index (χ2v) is 8.25. The number of piperidine rings is 1. The van der Waals surface area contributed by atoms with Crippen LogP contribution in [0.15, 0.2) is 18.2 Å². The quantitative estimate of drug-likeness (QED) is 0.890. The lowest BCUT2D eigenvalue weighted by molar-refractivity contribution is -0.122. The Morgan fingerprint density at radius 3 is 2.54 bits per heavy atom. The van der Waals surface area contributed by atoms with Crippen molar-refractivity contribution in [3.63, 3.8) is 0 Å². The minimum Gasteiger partial charge on any atom is -0.454 e. The molecule has 1 aromatic rings. The number of benzene rings is 1. The standard InChI is InChI=1S/C19H28N2O3/c1-18(2)10-14(11-19(3,4)21-18)20-17(22)8-6-13-5-7-15-16(9-13)24-12-23-15/h5,7,9,14,21H,6,8,10-12H2,1-4H3,(H,20,22). The Morgan fingerprint density at radius 1 is 1.17 bits per heavy atom. The molecule has 132 valence electrons. The summed E-state index contributed by atoms with van der Waals surface area (Å²) >= 11 is 0. The molecule has 2 N–H and O–H groups in total. The molecular weight excluding hydrogens is 304 g/mol. The summed E-state index contributed by atoms with van der Waals surface area (Å²) in [6.45, 7) is 9.05. The van der Waals surface area contributed by atoms with E-state index in [9.17, 15) is 4.79 Å². The van der Waals surface area contributed by atoms with Crippen molar-refractivity contribution < 1.29 is 14.3 Å². The van der Waals surface area contributed by atoms with Crippen molar-refractivity contribution in [3.8, 4) is 11.5 Å². The van der Waals surface area contributed by atoms with Gasteiger partial charge in [0.05, 0.1) is 0 Å². The van der Waals surface area contributed by atoms with Crippen molar-refractivity contribution in [2.45, 2.75) is 70.5 Å². The SMILES string of the molecule is CC1(C)CC(NC(=O)CCc2ccc3c(c2)OCO3)CC(C)(C)N1. The molecule has 3 rings (SSSR count). The molecule has 2 aliphatic heterocycles. The van der Waals surface area contributed by atoms with E-state index < -0.39 is 0 Å². The lowest BCUT2D eigenvalue weighted by Gasteiger charge is -2.46. The zero-order valence-corrected chi connectivity index (χ0v) is 15.1. The molecule has 0 radical (unpaired) electrons. The molecular formula is C19H28N2O3. The number of carbonyl (C=O) groups excluding carboxylic acids is 1. The van der Waals surface area contributed by atoms with E-state index in [1.807, 2.05) is 18.2 Å². The highest BCUT2D eigenvalue weighted by atomic mass is 16.7. The number of amides is 1. The van der Waals surface area contributed by atoms with Gasteiger partial charge in [0.15, 0.2) is 11.5 Å². The predicted molar refractivity (Wildman–Crippen MR) is 93.3 cm³/mol. The van der Waals surface area contributed by atoms with Gasteiger partial charge < -0.3 is 20.1 Å². The average Bonchev–Trinajstić information content (AvgIpc) is 2.89. The Balaban J connectivity index is 1.52. The van der Waals surface area contributed by atoms with Gasteiger partial charge in [-0.1, -0.05) is 6.07 Å². The van der Waals surface area contributed by atoms with Crippen molar-refractivity contribution in [1.29, 1.82) is 0 Å². The van der Waals surface area contributed by atoms with Crippen molar-refractivity contribution in [1.82, 2.24) is 10.6 Å². The maximum Gasteiger partial charge on any atom is 0.231 e. The van der Waals surface area contributed by atoms with Gasteiger partial charge in [-0.3, -0.25) is 4.79 Å². The first kappa shape index (κ1) is 17.1. The first-order valence-electron chi connectivity index (χ1n) is 8.70. The third-order valence-electron chi connectivity index (χ3n) is 4.63. The van der Waals surface area contributed by atoms with Crippen LogP contribution < -0.4 is 20.1 Å². The highest BCUT2D eigenvalue weighted by Gasteiger charge is 2.38. The van der Waals surface area contributed by atoms with Crippen molar-refractivity contribution >= 4 is 5.91 Å². The molecule has 0 unspecified atom stereocenters. The second kappa shape index (κ2) is 6.28. The fourth-order valence-electron chi connectivity index (χ4n) is 4.08. The lowest BCUT2D eigenvalue weighted by Crippen LogP contribution is -2.62. The summed E-state index contributed by atoms with van der Waals surface area (Å²) in [5.74, 6) is 1.67. The van der Waals surface area contributed by atoms with Gasteiger partial charge in [-0.05, 0) is 64.7 Å². The van der Waals surface area contributed by atoms with Crippen LogP contribution in [0, 0.1) is 0 Å². The molecule has 5 nitrogen and oxygen atoms in total. The van der Waals surface area contributed by atoms with Gasteiger partial charge in [-0.2, -0.15) is 0 Å². The van der Waals surface area contributed by atoms with Gasteiger partial charge in [-0.25, -0.2) is 0 Å². The molecule has 5 heteroatoms. The number of hydrogen-bond donors (Lipinski definition) is 2. The molecule has 0 bridgehead atoms. The largest absolute Gasteiger partial charge is 0.454 e. The first-order chi connectivity index (χ1) is 11.2. The number of fused-ring (bicyclic) bond motifs is 1. The maximum atomic E-state index is 12.4. The van der Waals surface area contributed by atoms with E-state index in [0.29, 0.717) is 12.8 Å². The Bertz CT molecular complexity index is 609. The number of ether oxygens (including phenoxy) is 2. The van der Waals surface area contributed by atoms with Crippen LogP contribution in [0.1, 0.15) is 52.5 Å². The minimum absolute atomic E-state index is 0.0387. The molecule has 0 aromatic heterocycles. The van der Waals surface area contributed by atoms with Crippen LogP contribution in [-0.2, 0) is 11.2 Å². The molecule has 0 saturated carbocycles. The number of aryl methyl sites for hydroxylation is 1. The number of rotatable bonds is 4. The number of nitrogens with one attached hydrogen (secondary N) is 2. The van der Waals surface area contributed by atoms with Gasteiger partial charge in [0, 0.05) is 23.5 Å². The monoisotopic (exact) mass is 332 g/mol. The van der Waals surface area contributed by atoms with Crippen molar-refractivity contribution in [2.24, 2.45) is 0 Å². The molecule has 1 aromatic carbocycles. The zero-order chi connectivity index (χ0) is 17.4. The molecule has 2 heterocycles. The van der Waals surface area contributed by atoms with E-state index in [-0.39, 0.29) is 29.8 Å². The summed E-state index contributed by atoms with van der Waals surface area (Å²) in [6.07, 6.45) is 3.10. The summed E-state index contributed by atoms with van der Waals surface area (Å²) in [4.78, 5) is 12.4. The van der Waals surface area contributed by atoms with E-state index in [4.69, 9.17) is 9.47 Å². The molecule has 2 aliphatic rings. The highest BCUT2D eigenvalue weighted by Crippen LogP contribution is 2.33. The normalized spacial score (nSPS) is 21.5. The van der Waals surface area contributed by atoms with Crippen LogP contribution in [0.5, 0.6) is 11.5 Å². The molecule has 24 heavy (non-hydrogen) atoms. The first-order valence-corrected chi connectivity index (χ1v) is 8.70. The van der Waals surface area contributed by atoms with E-state index in [2.05, 4.69) is 38.3 Å². The fourth-order valence-corrected chi connectivity index (χ4v) is 4.08. The summed E-state index contributed by atoms with van der Waals surface area (Å²) in [5, 5.41) is 6.86. The molecule has 1 amide bonds. The van der Waals surface area contributed by atoms with Crippen LogP contribution >= 0.6 is 0 Å². The number of hydrogen-bond acceptors (Lipinski definition) is 4. The Labute approximate surface area is 144 Å². The maximum absolute atomic E-state index is 12.4. The van der Waals surface area contributed by atoms with Crippen molar-refractivity contribution in [3.05, 3.63) is 23.8 Å². The van der Waals surface area contributed by atoms with Gasteiger partial charge >= 0.3 is 0 Å². The van der Waals surface area contributed by atoms with Gasteiger partial charge in [0.2, 0.25) is 12.7 Å². The topological polar surface area (TPSA) is 59.6 Å². The van der Waals surface area contributed by atoms with Gasteiger partial charge in [-0.15, -0.1) is 0 Å². The average molecular weight is 332 g/mol. The van der Waals surface area contributed by atoms with E-state index in [0.717, 1.165) is 29.9 Å². The third kappa shape index (κ3) is 4.20. The van der Waals surface area contributed by atoms with Crippen molar-refractivity contribution in [2.75, 3.05) is 6.79 Å². The molecule has 0 atom stereocenters. The molecule has 1 fully saturated rings. The number of carbonyl (C=O) groups is 1. The molecule has 1 saturated heterocycles. The summed E-state index contributed by atoms with van der Waals surface area (Å²) in [5.41, 5.74) is 1.17. The second-order valence-electron chi connectivity index (χ2n) is 8.25. The van der Waals surface area contributed by atoms with E-state index in [1.165, 1.54) is 0 Å². The van der Waals surface area contributed by atoms with Crippen LogP contribution in [0.25, 0.3) is 0 Å². The lowest BCUT2D eigenvalue weighted by atomic mass is 9.79. The summed E-state index contributed by atoms with van der Waals surface area (Å²) in [6, 6.07) is 6.10. The predicted octanol–water partition coefficient (Wildman–Crippen LogP) is 2.77. The fraction of sp³-hybridized carbons (Fsp3) is 0.632. The van der Waals surface area contributed by atoms with Crippen LogP contribution in [0.2, 0.25) is 0 Å². The Kier molecular flexibility index (Phi) is 4.47. The Morgan fingerprint density at radius 2 is 1.83 bits per heavy atom. The highest BCUT2D eigenvalue weighted by molar-refractivity contribution is 5.76. The summed E-state index contributed by atoms with van der Waals surface area (Å²) in [7, 11) is 0. The Hall–Kier alpha value is -1.75. The molecule has 0 aliphatic carbocycles. The smallest absolute Gasteiger partial charge is 0.231 e. The van der Waals surface area contributed by atoms with E-state index in [1.54, 1.807) is 0 Å².